The zero-order valence-corrected chi connectivity index (χ0v) is 13.8. The third-order valence-corrected chi connectivity index (χ3v) is 5.36. The van der Waals surface area contributed by atoms with Crippen LogP contribution in [0.25, 0.3) is 21.5 Å². The summed E-state index contributed by atoms with van der Waals surface area (Å²) in [5.74, 6) is -1.25. The van der Waals surface area contributed by atoms with Crippen molar-refractivity contribution >= 4 is 21.5 Å². The molecule has 0 radical (unpaired) electrons. The Bertz CT molecular complexity index is 1160. The average Bonchev–Trinajstić information content (AvgIpc) is 2.78. The lowest BCUT2D eigenvalue weighted by Gasteiger charge is -2.24. The molecular formula is C18H16O7. The van der Waals surface area contributed by atoms with Crippen LogP contribution in [0, 0.1) is 6.92 Å². The molecular weight excluding hydrogens is 328 g/mol. The standard InChI is InChI=1S/C18H16O7/c1-6-4-8(20)10-11-9(6)15-13(18(3,5-19)7(2)24-15)14(21)12(11)17(23)25-16(10)22/h4,7,19,22-23H,5H2,1-3H3/t7-,18-/m0/s1. The van der Waals surface area contributed by atoms with Crippen LogP contribution in [-0.4, -0.2) is 28.0 Å². The number of aliphatic hydroxyl groups is 1. The fraction of sp³-hybridized carbons (Fsp3) is 0.333. The van der Waals surface area contributed by atoms with Crippen LogP contribution < -0.4 is 15.6 Å². The predicted molar refractivity (Wildman–Crippen MR) is 90.0 cm³/mol. The molecule has 2 heterocycles. The van der Waals surface area contributed by atoms with Gasteiger partial charge in [-0.05, 0) is 32.4 Å². The summed E-state index contributed by atoms with van der Waals surface area (Å²) in [6, 6.07) is 1.32. The van der Waals surface area contributed by atoms with Crippen molar-refractivity contribution in [1.82, 2.24) is 0 Å². The number of hydrogen-bond donors (Lipinski definition) is 3. The Morgan fingerprint density at radius 2 is 1.76 bits per heavy atom. The first-order valence-corrected chi connectivity index (χ1v) is 7.82. The van der Waals surface area contributed by atoms with Crippen LogP contribution in [0.2, 0.25) is 0 Å². The first kappa shape index (κ1) is 15.7. The Hall–Kier alpha value is -2.80. The fourth-order valence-corrected chi connectivity index (χ4v) is 3.76. The van der Waals surface area contributed by atoms with E-state index in [-0.39, 0.29) is 34.1 Å². The van der Waals surface area contributed by atoms with Gasteiger partial charge in [-0.2, -0.15) is 0 Å². The van der Waals surface area contributed by atoms with Gasteiger partial charge < -0.3 is 24.5 Å². The highest BCUT2D eigenvalue weighted by Gasteiger charge is 2.47. The summed E-state index contributed by atoms with van der Waals surface area (Å²) >= 11 is 0. The summed E-state index contributed by atoms with van der Waals surface area (Å²) in [5.41, 5.74) is -1.30. The Kier molecular flexibility index (Phi) is 2.91. The number of aliphatic hydroxyl groups excluding tert-OH is 1. The molecule has 130 valence electrons. The minimum Gasteiger partial charge on any atom is -0.489 e. The van der Waals surface area contributed by atoms with E-state index in [1.807, 2.05) is 0 Å². The SMILES string of the molecule is Cc1cc(=O)c2c(O)oc(O)c3c(=O)c4c(c1c23)O[C@@H](C)[C@]4(C)CO. The molecule has 0 saturated carbocycles. The molecule has 2 atom stereocenters. The molecule has 0 amide bonds. The minimum atomic E-state index is -0.969. The maximum atomic E-state index is 13.1. The number of aryl methyl sites for hydroxylation is 1. The van der Waals surface area contributed by atoms with Crippen LogP contribution in [0.15, 0.2) is 20.1 Å². The molecule has 25 heavy (non-hydrogen) atoms. The van der Waals surface area contributed by atoms with Crippen LogP contribution in [-0.2, 0) is 5.41 Å². The van der Waals surface area contributed by atoms with Crippen LogP contribution in [0.3, 0.4) is 0 Å². The van der Waals surface area contributed by atoms with E-state index in [1.165, 1.54) is 6.07 Å². The summed E-state index contributed by atoms with van der Waals surface area (Å²) in [6.07, 6.45) is -0.491. The van der Waals surface area contributed by atoms with Gasteiger partial charge in [-0.25, -0.2) is 0 Å². The Labute approximate surface area is 141 Å². The molecule has 0 aliphatic carbocycles. The molecule has 1 aromatic heterocycles. The lowest BCUT2D eigenvalue weighted by Crippen LogP contribution is -2.39. The Balaban J connectivity index is 2.41. The van der Waals surface area contributed by atoms with E-state index in [9.17, 15) is 24.9 Å². The molecule has 1 aliphatic rings. The van der Waals surface area contributed by atoms with Crippen LogP contribution in [0.1, 0.15) is 25.0 Å². The number of rotatable bonds is 1. The molecule has 1 aliphatic heterocycles. The minimum absolute atomic E-state index is 0.115. The highest BCUT2D eigenvalue weighted by molar-refractivity contribution is 6.16. The average molecular weight is 344 g/mol. The van der Waals surface area contributed by atoms with Gasteiger partial charge in [0.1, 0.15) is 22.6 Å². The van der Waals surface area contributed by atoms with Crippen molar-refractivity contribution in [2.45, 2.75) is 32.3 Å². The van der Waals surface area contributed by atoms with Crippen LogP contribution in [0.4, 0.5) is 0 Å². The molecule has 7 nitrogen and oxygen atoms in total. The van der Waals surface area contributed by atoms with Gasteiger partial charge in [-0.1, -0.05) is 0 Å². The van der Waals surface area contributed by atoms with Crippen molar-refractivity contribution in [2.75, 3.05) is 6.61 Å². The van der Waals surface area contributed by atoms with Crippen molar-refractivity contribution in [3.05, 3.63) is 37.6 Å². The molecule has 7 heteroatoms. The summed E-state index contributed by atoms with van der Waals surface area (Å²) in [4.78, 5) is 25.4. The van der Waals surface area contributed by atoms with Crippen molar-refractivity contribution in [3.8, 4) is 17.6 Å². The van der Waals surface area contributed by atoms with E-state index < -0.39 is 34.3 Å². The van der Waals surface area contributed by atoms with Gasteiger partial charge in [0.25, 0.3) is 11.9 Å². The molecule has 0 saturated heterocycles. The van der Waals surface area contributed by atoms with Gasteiger partial charge in [-0.3, -0.25) is 9.59 Å². The van der Waals surface area contributed by atoms with Gasteiger partial charge in [0.15, 0.2) is 5.43 Å². The number of benzene rings is 2. The predicted octanol–water partition coefficient (Wildman–Crippen LogP) is 1.49. The van der Waals surface area contributed by atoms with E-state index in [2.05, 4.69) is 0 Å². The van der Waals surface area contributed by atoms with Gasteiger partial charge >= 0.3 is 0 Å². The normalized spacial score (nSPS) is 22.5. The molecule has 4 rings (SSSR count). The van der Waals surface area contributed by atoms with Gasteiger partial charge in [-0.15, -0.1) is 0 Å². The third kappa shape index (κ3) is 1.68. The lowest BCUT2D eigenvalue weighted by atomic mass is 9.78. The van der Waals surface area contributed by atoms with Crippen LogP contribution >= 0.6 is 0 Å². The molecule has 0 bridgehead atoms. The largest absolute Gasteiger partial charge is 0.489 e. The van der Waals surface area contributed by atoms with E-state index in [4.69, 9.17) is 9.15 Å². The summed E-state index contributed by atoms with van der Waals surface area (Å²) in [7, 11) is 0. The Morgan fingerprint density at radius 1 is 1.12 bits per heavy atom. The van der Waals surface area contributed by atoms with Gasteiger partial charge in [0.05, 0.1) is 17.6 Å². The highest BCUT2D eigenvalue weighted by atomic mass is 16.5. The van der Waals surface area contributed by atoms with E-state index in [0.717, 1.165) is 0 Å². The van der Waals surface area contributed by atoms with Crippen molar-refractivity contribution in [1.29, 1.82) is 0 Å². The number of aromatic hydroxyl groups is 2. The second-order valence-corrected chi connectivity index (χ2v) is 6.77. The molecule has 0 unspecified atom stereocenters. The van der Waals surface area contributed by atoms with E-state index >= 15 is 0 Å². The highest BCUT2D eigenvalue weighted by Crippen LogP contribution is 2.49. The third-order valence-electron chi connectivity index (χ3n) is 5.36. The lowest BCUT2D eigenvalue weighted by molar-refractivity contribution is 0.113. The molecule has 0 spiro atoms. The van der Waals surface area contributed by atoms with E-state index in [0.29, 0.717) is 10.9 Å². The zero-order valence-electron chi connectivity index (χ0n) is 13.8. The first-order chi connectivity index (χ1) is 11.7. The van der Waals surface area contributed by atoms with E-state index in [1.54, 1.807) is 20.8 Å². The van der Waals surface area contributed by atoms with Crippen molar-refractivity contribution in [3.63, 3.8) is 0 Å². The molecule has 0 fully saturated rings. The zero-order chi connectivity index (χ0) is 18.3. The smallest absolute Gasteiger partial charge is 0.296 e. The first-order valence-electron chi connectivity index (χ1n) is 7.82. The maximum Gasteiger partial charge on any atom is 0.296 e. The number of hydrogen-bond acceptors (Lipinski definition) is 7. The fourth-order valence-electron chi connectivity index (χ4n) is 3.76. The second-order valence-electron chi connectivity index (χ2n) is 6.77. The van der Waals surface area contributed by atoms with Crippen molar-refractivity contribution in [2.24, 2.45) is 0 Å². The van der Waals surface area contributed by atoms with Crippen LogP contribution in [0.5, 0.6) is 17.6 Å². The number of ether oxygens (including phenoxy) is 1. The Morgan fingerprint density at radius 3 is 2.40 bits per heavy atom. The van der Waals surface area contributed by atoms with Gasteiger partial charge in [0.2, 0.25) is 5.43 Å². The second kappa shape index (κ2) is 4.64. The number of fused-ring (bicyclic) bond motifs is 2. The van der Waals surface area contributed by atoms with Crippen molar-refractivity contribution < 1.29 is 24.5 Å². The topological polar surface area (TPSA) is 117 Å². The summed E-state index contributed by atoms with van der Waals surface area (Å²) < 4.78 is 10.7. The molecule has 3 aromatic rings. The monoisotopic (exact) mass is 344 g/mol. The maximum absolute atomic E-state index is 13.1. The molecule has 2 aromatic carbocycles. The summed E-state index contributed by atoms with van der Waals surface area (Å²) in [5, 5.41) is 30.2. The molecule has 3 N–H and O–H groups in total. The summed E-state index contributed by atoms with van der Waals surface area (Å²) in [6.45, 7) is 4.79. The van der Waals surface area contributed by atoms with Gasteiger partial charge in [0, 0.05) is 10.8 Å². The quantitative estimate of drug-likeness (QED) is 0.612.